The Morgan fingerprint density at radius 2 is 2.15 bits per heavy atom. The van der Waals surface area contributed by atoms with Gasteiger partial charge in [-0.25, -0.2) is 9.18 Å². The third kappa shape index (κ3) is 1.54. The second kappa shape index (κ2) is 3.16. The van der Waals surface area contributed by atoms with Crippen molar-refractivity contribution in [1.82, 2.24) is 9.78 Å². The molecular weight excluding hydrogens is 175 g/mol. The number of aliphatic carboxylic acids is 1. The molecule has 1 aromatic heterocycles. The zero-order chi connectivity index (χ0) is 10.2. The van der Waals surface area contributed by atoms with Gasteiger partial charge in [-0.3, -0.25) is 4.68 Å². The molecule has 0 radical (unpaired) electrons. The molecule has 4 nitrogen and oxygen atoms in total. The summed E-state index contributed by atoms with van der Waals surface area (Å²) < 4.78 is 14.6. The molecule has 1 N–H and O–H groups in total. The lowest BCUT2D eigenvalue weighted by molar-refractivity contribution is -0.143. The Morgan fingerprint density at radius 1 is 1.62 bits per heavy atom. The molecule has 0 aromatic carbocycles. The van der Waals surface area contributed by atoms with Gasteiger partial charge in [0.25, 0.3) is 0 Å². The van der Waals surface area contributed by atoms with Gasteiger partial charge in [0.2, 0.25) is 6.17 Å². The molecule has 1 rings (SSSR count). The largest absolute Gasteiger partial charge is 0.479 e. The van der Waals surface area contributed by atoms with Crippen LogP contribution in [0.4, 0.5) is 4.39 Å². The molecule has 0 fully saturated rings. The molecular formula is C8H11FN2O2. The number of rotatable bonds is 2. The highest BCUT2D eigenvalue weighted by Gasteiger charge is 2.25. The van der Waals surface area contributed by atoms with Gasteiger partial charge >= 0.3 is 5.97 Å². The molecule has 0 spiro atoms. The molecule has 13 heavy (non-hydrogen) atoms. The number of aromatic nitrogens is 2. The number of halogens is 1. The van der Waals surface area contributed by atoms with Gasteiger partial charge in [-0.15, -0.1) is 0 Å². The number of hydrogen-bond acceptors (Lipinski definition) is 2. The number of alkyl halides is 1. The highest BCUT2D eigenvalue weighted by Crippen LogP contribution is 2.24. The molecule has 72 valence electrons. The maximum atomic E-state index is 13.1. The van der Waals surface area contributed by atoms with E-state index in [0.29, 0.717) is 11.4 Å². The van der Waals surface area contributed by atoms with Crippen LogP contribution in [-0.2, 0) is 11.8 Å². The molecule has 0 aliphatic rings. The molecule has 1 heterocycles. The molecule has 0 saturated heterocycles. The summed E-state index contributed by atoms with van der Waals surface area (Å²) in [7, 11) is 1.65. The molecule has 0 bridgehead atoms. The highest BCUT2D eigenvalue weighted by molar-refractivity contribution is 5.74. The van der Waals surface area contributed by atoms with Crippen LogP contribution in [0.2, 0.25) is 0 Å². The first-order chi connectivity index (χ1) is 5.95. The van der Waals surface area contributed by atoms with Crippen LogP contribution in [0.15, 0.2) is 0 Å². The van der Waals surface area contributed by atoms with E-state index < -0.39 is 12.1 Å². The van der Waals surface area contributed by atoms with Crippen molar-refractivity contribution in [2.75, 3.05) is 0 Å². The second-order valence-corrected chi connectivity index (χ2v) is 2.91. The third-order valence-electron chi connectivity index (χ3n) is 2.04. The summed E-state index contributed by atoms with van der Waals surface area (Å²) >= 11 is 0. The number of carbonyl (C=O) groups is 1. The first-order valence-corrected chi connectivity index (χ1v) is 3.82. The Hall–Kier alpha value is -1.39. The minimum absolute atomic E-state index is 0.162. The van der Waals surface area contributed by atoms with Gasteiger partial charge in [-0.2, -0.15) is 5.10 Å². The zero-order valence-corrected chi connectivity index (χ0v) is 7.71. The third-order valence-corrected chi connectivity index (χ3v) is 2.04. The van der Waals surface area contributed by atoms with E-state index in [-0.39, 0.29) is 5.56 Å². The Labute approximate surface area is 75.0 Å². The molecule has 0 aliphatic carbocycles. The molecule has 5 heteroatoms. The van der Waals surface area contributed by atoms with Crippen LogP contribution in [-0.4, -0.2) is 20.9 Å². The van der Waals surface area contributed by atoms with Crippen LogP contribution in [0.5, 0.6) is 0 Å². The van der Waals surface area contributed by atoms with Crippen molar-refractivity contribution >= 4 is 5.97 Å². The van der Waals surface area contributed by atoms with E-state index in [1.165, 1.54) is 4.68 Å². The van der Waals surface area contributed by atoms with Gasteiger partial charge in [0.1, 0.15) is 0 Å². The lowest BCUT2D eigenvalue weighted by Gasteiger charge is -2.02. The minimum atomic E-state index is -1.98. The zero-order valence-electron chi connectivity index (χ0n) is 7.71. The van der Waals surface area contributed by atoms with Crippen LogP contribution in [0.25, 0.3) is 0 Å². The summed E-state index contributed by atoms with van der Waals surface area (Å²) in [5.74, 6) is -1.47. The van der Waals surface area contributed by atoms with Crippen molar-refractivity contribution in [1.29, 1.82) is 0 Å². The van der Waals surface area contributed by atoms with Crippen molar-refractivity contribution in [2.24, 2.45) is 7.05 Å². The van der Waals surface area contributed by atoms with Crippen LogP contribution in [0.3, 0.4) is 0 Å². The fourth-order valence-electron chi connectivity index (χ4n) is 1.28. The first kappa shape index (κ1) is 9.70. The Morgan fingerprint density at radius 3 is 2.46 bits per heavy atom. The number of carboxylic acid groups (broad SMARTS) is 1. The minimum Gasteiger partial charge on any atom is -0.479 e. The quantitative estimate of drug-likeness (QED) is 0.753. The number of aryl methyl sites for hydroxylation is 2. The number of carboxylic acids is 1. The highest BCUT2D eigenvalue weighted by atomic mass is 19.1. The maximum absolute atomic E-state index is 13.1. The first-order valence-electron chi connectivity index (χ1n) is 3.82. The lowest BCUT2D eigenvalue weighted by Crippen LogP contribution is -2.08. The molecule has 1 unspecified atom stereocenters. The van der Waals surface area contributed by atoms with E-state index in [1.807, 2.05) is 0 Å². The lowest BCUT2D eigenvalue weighted by atomic mass is 10.1. The van der Waals surface area contributed by atoms with Crippen molar-refractivity contribution in [2.45, 2.75) is 20.0 Å². The second-order valence-electron chi connectivity index (χ2n) is 2.91. The number of hydrogen-bond donors (Lipinski definition) is 1. The summed E-state index contributed by atoms with van der Waals surface area (Å²) in [5.41, 5.74) is 1.14. The van der Waals surface area contributed by atoms with Gasteiger partial charge < -0.3 is 5.11 Å². The van der Waals surface area contributed by atoms with Crippen LogP contribution in [0.1, 0.15) is 23.1 Å². The van der Waals surface area contributed by atoms with Gasteiger partial charge in [-0.05, 0) is 13.8 Å². The van der Waals surface area contributed by atoms with E-state index in [2.05, 4.69) is 5.10 Å². The van der Waals surface area contributed by atoms with Gasteiger partial charge in [-0.1, -0.05) is 0 Å². The van der Waals surface area contributed by atoms with Crippen LogP contribution >= 0.6 is 0 Å². The summed E-state index contributed by atoms with van der Waals surface area (Å²) in [6, 6.07) is 0. The molecule has 0 amide bonds. The van der Waals surface area contributed by atoms with Crippen molar-refractivity contribution in [3.05, 3.63) is 17.0 Å². The average Bonchev–Trinajstić information content (AvgIpc) is 2.26. The summed E-state index contributed by atoms with van der Waals surface area (Å²) in [4.78, 5) is 10.4. The maximum Gasteiger partial charge on any atom is 0.343 e. The summed E-state index contributed by atoms with van der Waals surface area (Å²) in [5, 5.41) is 12.4. The number of nitrogens with zero attached hydrogens (tertiary/aromatic N) is 2. The van der Waals surface area contributed by atoms with Gasteiger partial charge in [0.15, 0.2) is 0 Å². The standard InChI is InChI=1S/C8H11FN2O2/c1-4-6(7(9)8(12)13)5(2)11(3)10-4/h7H,1-3H3,(H,12,13). The van der Waals surface area contributed by atoms with Crippen LogP contribution in [0, 0.1) is 13.8 Å². The van der Waals surface area contributed by atoms with E-state index in [4.69, 9.17) is 5.11 Å². The molecule has 0 saturated carbocycles. The molecule has 0 aliphatic heterocycles. The van der Waals surface area contributed by atoms with E-state index in [9.17, 15) is 9.18 Å². The predicted molar refractivity (Wildman–Crippen MR) is 44.2 cm³/mol. The molecule has 1 atom stereocenters. The van der Waals surface area contributed by atoms with E-state index in [0.717, 1.165) is 0 Å². The SMILES string of the molecule is Cc1nn(C)c(C)c1C(F)C(=O)O. The summed E-state index contributed by atoms with van der Waals surface area (Å²) in [6.45, 7) is 3.24. The monoisotopic (exact) mass is 186 g/mol. The fraction of sp³-hybridized carbons (Fsp3) is 0.500. The topological polar surface area (TPSA) is 55.1 Å². The average molecular weight is 186 g/mol. The van der Waals surface area contributed by atoms with E-state index in [1.54, 1.807) is 20.9 Å². The van der Waals surface area contributed by atoms with Gasteiger partial charge in [0.05, 0.1) is 5.69 Å². The Kier molecular flexibility index (Phi) is 2.36. The fourth-order valence-corrected chi connectivity index (χ4v) is 1.28. The van der Waals surface area contributed by atoms with Crippen LogP contribution < -0.4 is 0 Å². The Balaban J connectivity index is 3.20. The van der Waals surface area contributed by atoms with Crippen molar-refractivity contribution in [3.63, 3.8) is 0 Å². The van der Waals surface area contributed by atoms with E-state index >= 15 is 0 Å². The smallest absolute Gasteiger partial charge is 0.343 e. The van der Waals surface area contributed by atoms with Crippen molar-refractivity contribution in [3.8, 4) is 0 Å². The summed E-state index contributed by atoms with van der Waals surface area (Å²) in [6.07, 6.45) is -1.98. The van der Waals surface area contributed by atoms with Crippen molar-refractivity contribution < 1.29 is 14.3 Å². The Bertz CT molecular complexity index is 346. The molecule has 1 aromatic rings. The van der Waals surface area contributed by atoms with Gasteiger partial charge in [0, 0.05) is 18.3 Å². The predicted octanol–water partition coefficient (Wildman–Crippen LogP) is 1.13. The normalized spacial score (nSPS) is 12.9.